The summed E-state index contributed by atoms with van der Waals surface area (Å²) in [5.74, 6) is 3.25. The van der Waals surface area contributed by atoms with Crippen LogP contribution >= 0.6 is 0 Å². The van der Waals surface area contributed by atoms with Crippen molar-refractivity contribution in [2.24, 2.45) is 23.2 Å². The second-order valence-electron chi connectivity index (χ2n) is 8.55. The third-order valence-electron chi connectivity index (χ3n) is 6.87. The fraction of sp³-hybridized carbons (Fsp3) is 0.667. The normalized spacial score (nSPS) is 36.0. The summed E-state index contributed by atoms with van der Waals surface area (Å²) in [6, 6.07) is 8.38. The van der Waals surface area contributed by atoms with Gasteiger partial charge in [0, 0.05) is 5.69 Å². The van der Waals surface area contributed by atoms with Crippen molar-refractivity contribution in [3.63, 3.8) is 0 Å². The number of para-hydroxylation sites is 1. The maximum absolute atomic E-state index is 13.2. The molecule has 4 saturated carbocycles. The Morgan fingerprint density at radius 2 is 1.70 bits per heavy atom. The molecule has 2 nitrogen and oxygen atoms in total. The third kappa shape index (κ3) is 2.60. The first-order valence-electron chi connectivity index (χ1n) is 9.50. The van der Waals surface area contributed by atoms with E-state index in [0.29, 0.717) is 11.8 Å². The minimum Gasteiger partial charge on any atom is -0.325 e. The number of nitrogens with one attached hydrogen (secondary N) is 1. The fourth-order valence-electron chi connectivity index (χ4n) is 5.90. The van der Waals surface area contributed by atoms with Crippen LogP contribution in [-0.2, 0) is 4.79 Å². The summed E-state index contributed by atoms with van der Waals surface area (Å²) in [5, 5.41) is 3.34. The van der Waals surface area contributed by atoms with Gasteiger partial charge >= 0.3 is 0 Å². The number of benzene rings is 1. The summed E-state index contributed by atoms with van der Waals surface area (Å²) >= 11 is 0. The van der Waals surface area contributed by atoms with Gasteiger partial charge in [-0.1, -0.05) is 32.0 Å². The van der Waals surface area contributed by atoms with Crippen LogP contribution in [-0.4, -0.2) is 5.91 Å². The maximum atomic E-state index is 13.2. The maximum Gasteiger partial charge on any atom is 0.230 e. The average Bonchev–Trinajstić information content (AvgIpc) is 2.53. The molecule has 0 saturated heterocycles. The molecule has 0 aliphatic heterocycles. The van der Waals surface area contributed by atoms with E-state index in [1.807, 2.05) is 6.07 Å². The Hall–Kier alpha value is -1.31. The second-order valence-corrected chi connectivity index (χ2v) is 8.55. The van der Waals surface area contributed by atoms with Gasteiger partial charge in [0.2, 0.25) is 5.91 Å². The summed E-state index contributed by atoms with van der Waals surface area (Å²) in [7, 11) is 0. The van der Waals surface area contributed by atoms with E-state index in [2.05, 4.69) is 37.4 Å². The van der Waals surface area contributed by atoms with Gasteiger partial charge < -0.3 is 5.32 Å². The smallest absolute Gasteiger partial charge is 0.230 e. The molecule has 4 aliphatic rings. The molecule has 1 aromatic carbocycles. The highest BCUT2D eigenvalue weighted by Crippen LogP contribution is 2.60. The number of hydrogen-bond donors (Lipinski definition) is 1. The molecule has 1 aromatic rings. The van der Waals surface area contributed by atoms with Gasteiger partial charge in [-0.05, 0) is 80.2 Å². The van der Waals surface area contributed by atoms with Crippen molar-refractivity contribution in [3.05, 3.63) is 29.8 Å². The zero-order valence-corrected chi connectivity index (χ0v) is 14.5. The highest BCUT2D eigenvalue weighted by Gasteiger charge is 2.54. The van der Waals surface area contributed by atoms with Gasteiger partial charge in [-0.25, -0.2) is 0 Å². The number of anilines is 1. The number of hydrogen-bond acceptors (Lipinski definition) is 1. The van der Waals surface area contributed by atoms with E-state index in [4.69, 9.17) is 0 Å². The molecule has 1 amide bonds. The lowest BCUT2D eigenvalue weighted by Crippen LogP contribution is -2.51. The molecule has 4 bridgehead atoms. The van der Waals surface area contributed by atoms with Crippen LogP contribution in [0.25, 0.3) is 0 Å². The molecular weight excluding hydrogens is 282 g/mol. The average molecular weight is 311 g/mol. The van der Waals surface area contributed by atoms with Crippen LogP contribution in [0.4, 0.5) is 5.69 Å². The topological polar surface area (TPSA) is 29.1 Å². The lowest BCUT2D eigenvalue weighted by Gasteiger charge is -2.55. The van der Waals surface area contributed by atoms with E-state index in [1.54, 1.807) is 0 Å². The van der Waals surface area contributed by atoms with Crippen LogP contribution in [0.1, 0.15) is 70.3 Å². The summed E-state index contributed by atoms with van der Waals surface area (Å²) in [4.78, 5) is 13.2. The third-order valence-corrected chi connectivity index (χ3v) is 6.87. The number of amides is 1. The molecule has 1 N–H and O–H groups in total. The Balaban J connectivity index is 1.57. The van der Waals surface area contributed by atoms with Gasteiger partial charge in [0.15, 0.2) is 0 Å². The molecule has 4 fully saturated rings. The summed E-state index contributed by atoms with van der Waals surface area (Å²) in [6.45, 7) is 4.46. The van der Waals surface area contributed by atoms with Crippen molar-refractivity contribution in [1.82, 2.24) is 0 Å². The predicted molar refractivity (Wildman–Crippen MR) is 94.4 cm³/mol. The van der Waals surface area contributed by atoms with Crippen molar-refractivity contribution in [2.45, 2.75) is 64.7 Å². The molecule has 124 valence electrons. The number of carbonyl (C=O) groups is 1. The van der Waals surface area contributed by atoms with Crippen molar-refractivity contribution in [2.75, 3.05) is 5.32 Å². The van der Waals surface area contributed by atoms with E-state index in [9.17, 15) is 4.79 Å². The van der Waals surface area contributed by atoms with Gasteiger partial charge in [0.25, 0.3) is 0 Å². The van der Waals surface area contributed by atoms with Crippen LogP contribution in [0.15, 0.2) is 24.3 Å². The number of rotatable bonds is 4. The van der Waals surface area contributed by atoms with Crippen LogP contribution < -0.4 is 5.32 Å². The number of carbonyl (C=O) groups excluding carboxylic acids is 1. The first-order valence-corrected chi connectivity index (χ1v) is 9.50. The van der Waals surface area contributed by atoms with Gasteiger partial charge in [-0.3, -0.25) is 4.79 Å². The zero-order valence-electron chi connectivity index (χ0n) is 14.5. The summed E-state index contributed by atoms with van der Waals surface area (Å²) in [6.07, 6.45) is 8.66. The monoisotopic (exact) mass is 311 g/mol. The molecule has 1 atom stereocenters. The van der Waals surface area contributed by atoms with Crippen LogP contribution in [0.2, 0.25) is 0 Å². The van der Waals surface area contributed by atoms with E-state index >= 15 is 0 Å². The molecule has 2 heteroatoms. The molecule has 0 spiro atoms. The molecule has 0 aromatic heterocycles. The lowest BCUT2D eigenvalue weighted by atomic mass is 9.49. The molecule has 4 aliphatic carbocycles. The van der Waals surface area contributed by atoms with E-state index in [-0.39, 0.29) is 5.41 Å². The van der Waals surface area contributed by atoms with E-state index in [1.165, 1.54) is 24.8 Å². The standard InChI is InChI=1S/C21H29NO/c1-3-14(2)18-6-4-5-7-19(18)22-20(23)21-11-15-8-16(12-21)10-17(9-15)13-21/h4-7,14-17H,3,8-13H2,1-2H3,(H,22,23)/t14-,15?,16?,17?,21?/m0/s1. The quantitative estimate of drug-likeness (QED) is 0.797. The van der Waals surface area contributed by atoms with E-state index < -0.39 is 0 Å². The first kappa shape index (κ1) is 15.2. The Bertz CT molecular complexity index is 570. The summed E-state index contributed by atoms with van der Waals surface area (Å²) < 4.78 is 0. The van der Waals surface area contributed by atoms with Gasteiger partial charge in [-0.15, -0.1) is 0 Å². The molecule has 0 unspecified atom stereocenters. The largest absolute Gasteiger partial charge is 0.325 e. The first-order chi connectivity index (χ1) is 11.1. The SMILES string of the molecule is CC[C@H](C)c1ccccc1NC(=O)C12CC3CC(CC(C3)C1)C2. The highest BCUT2D eigenvalue weighted by atomic mass is 16.2. The van der Waals surface area contributed by atoms with E-state index in [0.717, 1.165) is 49.1 Å². The fourth-order valence-corrected chi connectivity index (χ4v) is 5.90. The molecule has 0 radical (unpaired) electrons. The van der Waals surface area contributed by atoms with Crippen molar-refractivity contribution < 1.29 is 4.79 Å². The minimum atomic E-state index is -0.0582. The Morgan fingerprint density at radius 3 is 2.26 bits per heavy atom. The predicted octanol–water partition coefficient (Wildman–Crippen LogP) is 5.36. The zero-order chi connectivity index (χ0) is 16.0. The summed E-state index contributed by atoms with van der Waals surface area (Å²) in [5.41, 5.74) is 2.27. The van der Waals surface area contributed by atoms with Crippen molar-refractivity contribution >= 4 is 11.6 Å². The minimum absolute atomic E-state index is 0.0582. The Morgan fingerprint density at radius 1 is 1.13 bits per heavy atom. The van der Waals surface area contributed by atoms with Gasteiger partial charge in [-0.2, -0.15) is 0 Å². The molecule has 5 rings (SSSR count). The molecular formula is C21H29NO. The molecule has 23 heavy (non-hydrogen) atoms. The molecule has 0 heterocycles. The second kappa shape index (κ2) is 5.65. The Kier molecular flexibility index (Phi) is 3.74. The van der Waals surface area contributed by atoms with Gasteiger partial charge in [0.05, 0.1) is 5.41 Å². The van der Waals surface area contributed by atoms with Gasteiger partial charge in [0.1, 0.15) is 0 Å². The van der Waals surface area contributed by atoms with Crippen molar-refractivity contribution in [3.8, 4) is 0 Å². The van der Waals surface area contributed by atoms with Crippen LogP contribution in [0, 0.1) is 23.2 Å². The Labute approximate surface area is 140 Å². The van der Waals surface area contributed by atoms with Crippen molar-refractivity contribution in [1.29, 1.82) is 0 Å². The highest BCUT2D eigenvalue weighted by molar-refractivity contribution is 5.96. The van der Waals surface area contributed by atoms with Crippen LogP contribution in [0.5, 0.6) is 0 Å². The lowest BCUT2D eigenvalue weighted by molar-refractivity contribution is -0.140. The van der Waals surface area contributed by atoms with Crippen LogP contribution in [0.3, 0.4) is 0 Å².